The van der Waals surface area contributed by atoms with E-state index in [0.717, 1.165) is 16.9 Å². The Kier molecular flexibility index (Phi) is 1.95. The van der Waals surface area contributed by atoms with Crippen molar-refractivity contribution in [2.45, 2.75) is 18.8 Å². The van der Waals surface area contributed by atoms with Gasteiger partial charge in [-0.3, -0.25) is 4.79 Å². The topological polar surface area (TPSA) is 46.5 Å². The Morgan fingerprint density at radius 3 is 2.71 bits per heavy atom. The molecule has 0 heterocycles. The van der Waals surface area contributed by atoms with Gasteiger partial charge in [0.05, 0.1) is 13.0 Å². The zero-order valence-corrected chi connectivity index (χ0v) is 8.15. The number of carbonyl (C=O) groups is 1. The predicted molar refractivity (Wildman–Crippen MR) is 51.8 cm³/mol. The van der Waals surface area contributed by atoms with Crippen molar-refractivity contribution in [2.24, 2.45) is 0 Å². The second-order valence-corrected chi connectivity index (χ2v) is 3.60. The number of aliphatic carboxylic acids is 1. The van der Waals surface area contributed by atoms with Crippen LogP contribution in [-0.4, -0.2) is 18.2 Å². The molecule has 2 atom stereocenters. The molecule has 0 saturated heterocycles. The molecule has 2 unspecified atom stereocenters. The molecule has 0 saturated carbocycles. The number of rotatable bonds is 2. The minimum atomic E-state index is -0.741. The summed E-state index contributed by atoms with van der Waals surface area (Å²) >= 11 is 0. The van der Waals surface area contributed by atoms with E-state index in [0.29, 0.717) is 0 Å². The SMILES string of the molecule is COc1ccc2c(c1)C(C)C2C(=O)O. The molecular formula is C11H12O3. The van der Waals surface area contributed by atoms with Gasteiger partial charge in [0.15, 0.2) is 0 Å². The molecule has 74 valence electrons. The van der Waals surface area contributed by atoms with Crippen molar-refractivity contribution in [3.63, 3.8) is 0 Å². The monoisotopic (exact) mass is 192 g/mol. The summed E-state index contributed by atoms with van der Waals surface area (Å²) in [5, 5.41) is 8.95. The summed E-state index contributed by atoms with van der Waals surface area (Å²) < 4.78 is 5.08. The first-order valence-corrected chi connectivity index (χ1v) is 4.55. The summed E-state index contributed by atoms with van der Waals surface area (Å²) in [5.74, 6) is -0.192. The Bertz CT molecular complexity index is 384. The van der Waals surface area contributed by atoms with Crippen LogP contribution in [0, 0.1) is 0 Å². The molecule has 0 bridgehead atoms. The summed E-state index contributed by atoms with van der Waals surface area (Å²) in [6, 6.07) is 5.56. The van der Waals surface area contributed by atoms with Gasteiger partial charge in [-0.25, -0.2) is 0 Å². The largest absolute Gasteiger partial charge is 0.497 e. The fourth-order valence-electron chi connectivity index (χ4n) is 2.06. The zero-order chi connectivity index (χ0) is 10.3. The van der Waals surface area contributed by atoms with Crippen molar-refractivity contribution in [2.75, 3.05) is 7.11 Å². The first-order valence-electron chi connectivity index (χ1n) is 4.55. The molecule has 0 aromatic heterocycles. The quantitative estimate of drug-likeness (QED) is 0.779. The lowest BCUT2D eigenvalue weighted by Gasteiger charge is -2.34. The Hall–Kier alpha value is -1.51. The van der Waals surface area contributed by atoms with Crippen LogP contribution >= 0.6 is 0 Å². The standard InChI is InChI=1S/C11H12O3/c1-6-9-5-7(14-2)3-4-8(9)10(6)11(12)13/h3-6,10H,1-2H3,(H,12,13). The van der Waals surface area contributed by atoms with E-state index in [-0.39, 0.29) is 11.8 Å². The van der Waals surface area contributed by atoms with Crippen molar-refractivity contribution in [3.05, 3.63) is 29.3 Å². The van der Waals surface area contributed by atoms with Gasteiger partial charge in [0, 0.05) is 0 Å². The smallest absolute Gasteiger partial charge is 0.311 e. The van der Waals surface area contributed by atoms with E-state index in [1.54, 1.807) is 13.2 Å². The van der Waals surface area contributed by atoms with E-state index < -0.39 is 5.97 Å². The van der Waals surface area contributed by atoms with Crippen molar-refractivity contribution in [3.8, 4) is 5.75 Å². The second-order valence-electron chi connectivity index (χ2n) is 3.60. The van der Waals surface area contributed by atoms with Crippen LogP contribution in [0.2, 0.25) is 0 Å². The molecule has 14 heavy (non-hydrogen) atoms. The fraction of sp³-hybridized carbons (Fsp3) is 0.364. The van der Waals surface area contributed by atoms with Crippen LogP contribution in [0.4, 0.5) is 0 Å². The Morgan fingerprint density at radius 1 is 1.43 bits per heavy atom. The van der Waals surface area contributed by atoms with Gasteiger partial charge in [-0.2, -0.15) is 0 Å². The fourth-order valence-corrected chi connectivity index (χ4v) is 2.06. The lowest BCUT2D eigenvalue weighted by molar-refractivity contribution is -0.140. The van der Waals surface area contributed by atoms with Crippen LogP contribution in [0.15, 0.2) is 18.2 Å². The van der Waals surface area contributed by atoms with Gasteiger partial charge in [0.2, 0.25) is 0 Å². The number of ether oxygens (including phenoxy) is 1. The van der Waals surface area contributed by atoms with E-state index in [4.69, 9.17) is 9.84 Å². The molecule has 0 radical (unpaired) electrons. The maximum absolute atomic E-state index is 10.9. The lowest BCUT2D eigenvalue weighted by Crippen LogP contribution is -2.28. The predicted octanol–water partition coefficient (Wildman–Crippen LogP) is 1.98. The summed E-state index contributed by atoms with van der Waals surface area (Å²) in [6.45, 7) is 1.93. The Balaban J connectivity index is 2.39. The first kappa shape index (κ1) is 9.06. The maximum atomic E-state index is 10.9. The summed E-state index contributed by atoms with van der Waals surface area (Å²) in [4.78, 5) is 10.9. The minimum Gasteiger partial charge on any atom is -0.497 e. The average molecular weight is 192 g/mol. The molecule has 1 aromatic rings. The van der Waals surface area contributed by atoms with Gasteiger partial charge in [0.1, 0.15) is 5.75 Å². The third-order valence-corrected chi connectivity index (χ3v) is 2.89. The van der Waals surface area contributed by atoms with E-state index in [1.165, 1.54) is 0 Å². The third-order valence-electron chi connectivity index (χ3n) is 2.89. The van der Waals surface area contributed by atoms with Crippen LogP contribution in [0.3, 0.4) is 0 Å². The Labute approximate surface area is 82.3 Å². The molecule has 1 aliphatic rings. The number of hydrogen-bond acceptors (Lipinski definition) is 2. The number of methoxy groups -OCH3 is 1. The van der Waals surface area contributed by atoms with Gasteiger partial charge in [-0.1, -0.05) is 13.0 Å². The van der Waals surface area contributed by atoms with Crippen LogP contribution < -0.4 is 4.74 Å². The van der Waals surface area contributed by atoms with Crippen LogP contribution in [0.25, 0.3) is 0 Å². The molecule has 0 spiro atoms. The third kappa shape index (κ3) is 1.09. The molecule has 3 nitrogen and oxygen atoms in total. The summed E-state index contributed by atoms with van der Waals surface area (Å²) in [6.07, 6.45) is 0. The first-order chi connectivity index (χ1) is 6.65. The second kappa shape index (κ2) is 3.01. The number of carboxylic acid groups (broad SMARTS) is 1. The number of fused-ring (bicyclic) bond motifs is 1. The van der Waals surface area contributed by atoms with E-state index >= 15 is 0 Å². The zero-order valence-electron chi connectivity index (χ0n) is 8.15. The highest BCUT2D eigenvalue weighted by Crippen LogP contribution is 2.47. The Morgan fingerprint density at radius 2 is 2.14 bits per heavy atom. The van der Waals surface area contributed by atoms with Crippen molar-refractivity contribution in [1.82, 2.24) is 0 Å². The molecule has 0 aliphatic heterocycles. The van der Waals surface area contributed by atoms with E-state index in [1.807, 2.05) is 19.1 Å². The molecule has 1 N–H and O–H groups in total. The van der Waals surface area contributed by atoms with Gasteiger partial charge in [-0.15, -0.1) is 0 Å². The average Bonchev–Trinajstić information content (AvgIpc) is 2.16. The van der Waals surface area contributed by atoms with Crippen molar-refractivity contribution >= 4 is 5.97 Å². The molecule has 1 aromatic carbocycles. The molecule has 0 fully saturated rings. The van der Waals surface area contributed by atoms with Crippen molar-refractivity contribution in [1.29, 1.82) is 0 Å². The van der Waals surface area contributed by atoms with Crippen LogP contribution in [0.5, 0.6) is 5.75 Å². The van der Waals surface area contributed by atoms with Crippen molar-refractivity contribution < 1.29 is 14.6 Å². The van der Waals surface area contributed by atoms with Gasteiger partial charge in [-0.05, 0) is 29.2 Å². The van der Waals surface area contributed by atoms with Crippen LogP contribution in [-0.2, 0) is 4.79 Å². The number of benzene rings is 1. The van der Waals surface area contributed by atoms with Gasteiger partial charge < -0.3 is 9.84 Å². The highest BCUT2D eigenvalue weighted by Gasteiger charge is 2.39. The lowest BCUT2D eigenvalue weighted by atomic mass is 9.69. The number of hydrogen-bond donors (Lipinski definition) is 1. The van der Waals surface area contributed by atoms with Gasteiger partial charge in [0.25, 0.3) is 0 Å². The van der Waals surface area contributed by atoms with E-state index in [2.05, 4.69) is 0 Å². The van der Waals surface area contributed by atoms with E-state index in [9.17, 15) is 4.79 Å². The molecular weight excluding hydrogens is 180 g/mol. The summed E-state index contributed by atoms with van der Waals surface area (Å²) in [5.41, 5.74) is 2.02. The normalized spacial score (nSPS) is 23.6. The maximum Gasteiger partial charge on any atom is 0.311 e. The minimum absolute atomic E-state index is 0.0950. The molecule has 0 amide bonds. The highest BCUT2D eigenvalue weighted by molar-refractivity contribution is 5.82. The molecule has 3 heteroatoms. The number of carboxylic acids is 1. The molecule has 1 aliphatic carbocycles. The molecule has 2 rings (SSSR count). The highest BCUT2D eigenvalue weighted by atomic mass is 16.5. The van der Waals surface area contributed by atoms with Crippen LogP contribution in [0.1, 0.15) is 29.9 Å². The van der Waals surface area contributed by atoms with Gasteiger partial charge >= 0.3 is 5.97 Å². The summed E-state index contributed by atoms with van der Waals surface area (Å²) in [7, 11) is 1.61.